The molecule has 0 aromatic heterocycles. The van der Waals surface area contributed by atoms with Crippen LogP contribution in [0.25, 0.3) is 0 Å². The molecule has 5 nitrogen and oxygen atoms in total. The lowest BCUT2D eigenvalue weighted by Crippen LogP contribution is -2.46. The van der Waals surface area contributed by atoms with E-state index >= 15 is 0 Å². The molecule has 26 heavy (non-hydrogen) atoms. The molecule has 1 aliphatic rings. The molecular formula is C21H27NO4. The summed E-state index contributed by atoms with van der Waals surface area (Å²) in [6, 6.07) is 7.79. The van der Waals surface area contributed by atoms with Crippen LogP contribution in [0.1, 0.15) is 50.7 Å². The highest BCUT2D eigenvalue weighted by Crippen LogP contribution is 2.33. The summed E-state index contributed by atoms with van der Waals surface area (Å²) in [6.45, 7) is 6.58. The fourth-order valence-electron chi connectivity index (χ4n) is 3.24. The summed E-state index contributed by atoms with van der Waals surface area (Å²) in [5, 5.41) is 0. The van der Waals surface area contributed by atoms with Gasteiger partial charge in [-0.05, 0) is 50.8 Å². The molecule has 0 saturated carbocycles. The first-order valence-electron chi connectivity index (χ1n) is 8.83. The highest BCUT2D eigenvalue weighted by Gasteiger charge is 2.34. The van der Waals surface area contributed by atoms with E-state index in [4.69, 9.17) is 15.9 Å². The van der Waals surface area contributed by atoms with Crippen molar-refractivity contribution < 1.29 is 19.1 Å². The van der Waals surface area contributed by atoms with Gasteiger partial charge in [0.1, 0.15) is 5.60 Å². The summed E-state index contributed by atoms with van der Waals surface area (Å²) >= 11 is 0. The van der Waals surface area contributed by atoms with Crippen LogP contribution >= 0.6 is 0 Å². The maximum Gasteiger partial charge on any atom is 0.410 e. The van der Waals surface area contributed by atoms with E-state index in [2.05, 4.69) is 5.92 Å². The van der Waals surface area contributed by atoms with Gasteiger partial charge in [0.2, 0.25) is 0 Å². The molecule has 2 atom stereocenters. The molecule has 1 aromatic carbocycles. The molecule has 2 rings (SSSR count). The van der Waals surface area contributed by atoms with Gasteiger partial charge in [-0.1, -0.05) is 18.1 Å². The van der Waals surface area contributed by atoms with Crippen molar-refractivity contribution in [2.75, 3.05) is 20.2 Å². The first kappa shape index (κ1) is 19.8. The minimum atomic E-state index is -0.559. The van der Waals surface area contributed by atoms with Gasteiger partial charge in [-0.25, -0.2) is 4.79 Å². The summed E-state index contributed by atoms with van der Waals surface area (Å²) in [6.07, 6.45) is 6.17. The number of rotatable bonds is 3. The predicted molar refractivity (Wildman–Crippen MR) is 99.7 cm³/mol. The first-order chi connectivity index (χ1) is 12.2. The summed E-state index contributed by atoms with van der Waals surface area (Å²) in [5.41, 5.74) is 1.36. The molecule has 1 aliphatic heterocycles. The molecule has 2 unspecified atom stereocenters. The molecule has 0 N–H and O–H groups in total. The van der Waals surface area contributed by atoms with Crippen molar-refractivity contribution in [3.8, 4) is 12.3 Å². The van der Waals surface area contributed by atoms with Crippen molar-refractivity contribution in [1.29, 1.82) is 0 Å². The normalized spacial score (nSPS) is 20.2. The van der Waals surface area contributed by atoms with Crippen molar-refractivity contribution in [1.82, 2.24) is 4.90 Å². The Morgan fingerprint density at radius 1 is 1.23 bits per heavy atom. The van der Waals surface area contributed by atoms with Gasteiger partial charge in [0.15, 0.2) is 0 Å². The number of esters is 1. The van der Waals surface area contributed by atoms with Gasteiger partial charge in [0, 0.05) is 24.6 Å². The van der Waals surface area contributed by atoms with E-state index < -0.39 is 5.60 Å². The zero-order valence-electron chi connectivity index (χ0n) is 16.0. The molecule has 0 aliphatic carbocycles. The van der Waals surface area contributed by atoms with Gasteiger partial charge >= 0.3 is 12.1 Å². The van der Waals surface area contributed by atoms with Crippen molar-refractivity contribution in [2.45, 2.75) is 45.1 Å². The van der Waals surface area contributed by atoms with Gasteiger partial charge in [-0.3, -0.25) is 4.79 Å². The molecule has 0 bridgehead atoms. The van der Waals surface area contributed by atoms with Crippen LogP contribution in [0.15, 0.2) is 24.3 Å². The standard InChI is InChI=1S/C21H27NO4/c1-6-15-7-9-17(10-8-15)18-11-16(12-19(23)25-5)13-22(14-18)20(24)26-21(2,3)4/h1,7-10,16,18H,11-14H2,2-5H3. The van der Waals surface area contributed by atoms with Crippen LogP contribution in [-0.2, 0) is 14.3 Å². The molecule has 1 saturated heterocycles. The van der Waals surface area contributed by atoms with Crippen LogP contribution in [0.3, 0.4) is 0 Å². The predicted octanol–water partition coefficient (Wildman–Crippen LogP) is 3.57. The molecule has 0 radical (unpaired) electrons. The van der Waals surface area contributed by atoms with Crippen molar-refractivity contribution in [3.05, 3.63) is 35.4 Å². The van der Waals surface area contributed by atoms with Crippen molar-refractivity contribution in [3.63, 3.8) is 0 Å². The van der Waals surface area contributed by atoms with Crippen LogP contribution in [0.5, 0.6) is 0 Å². The molecule has 5 heteroatoms. The van der Waals surface area contributed by atoms with Crippen LogP contribution in [-0.4, -0.2) is 42.8 Å². The van der Waals surface area contributed by atoms with Crippen LogP contribution in [0.4, 0.5) is 4.79 Å². The lowest BCUT2D eigenvalue weighted by Gasteiger charge is -2.38. The third-order valence-corrected chi connectivity index (χ3v) is 4.42. The van der Waals surface area contributed by atoms with E-state index in [-0.39, 0.29) is 30.3 Å². The SMILES string of the molecule is C#Cc1ccc(C2CC(CC(=O)OC)CN(C(=O)OC(C)(C)C)C2)cc1. The maximum atomic E-state index is 12.6. The number of piperidine rings is 1. The molecule has 0 spiro atoms. The van der Waals surface area contributed by atoms with Gasteiger partial charge < -0.3 is 14.4 Å². The third kappa shape index (κ3) is 5.52. The number of nitrogens with zero attached hydrogens (tertiary/aromatic N) is 1. The Labute approximate surface area is 155 Å². The summed E-state index contributed by atoms with van der Waals surface area (Å²) < 4.78 is 10.3. The summed E-state index contributed by atoms with van der Waals surface area (Å²) in [5.74, 6) is 2.50. The topological polar surface area (TPSA) is 55.8 Å². The quantitative estimate of drug-likeness (QED) is 0.613. The number of terminal acetylenes is 1. The number of amides is 1. The Morgan fingerprint density at radius 3 is 2.42 bits per heavy atom. The number of ether oxygens (including phenoxy) is 2. The van der Waals surface area contributed by atoms with E-state index in [9.17, 15) is 9.59 Å². The number of benzene rings is 1. The van der Waals surface area contributed by atoms with E-state index in [1.165, 1.54) is 7.11 Å². The fraction of sp³-hybridized carbons (Fsp3) is 0.524. The van der Waals surface area contributed by atoms with E-state index in [1.807, 2.05) is 45.0 Å². The van der Waals surface area contributed by atoms with Crippen LogP contribution in [0.2, 0.25) is 0 Å². The number of carbonyl (C=O) groups is 2. The highest BCUT2D eigenvalue weighted by atomic mass is 16.6. The average Bonchev–Trinajstić information content (AvgIpc) is 2.60. The lowest BCUT2D eigenvalue weighted by atomic mass is 9.83. The Kier molecular flexibility index (Phi) is 6.31. The minimum Gasteiger partial charge on any atom is -0.469 e. The Balaban J connectivity index is 2.19. The number of hydrogen-bond acceptors (Lipinski definition) is 4. The van der Waals surface area contributed by atoms with Crippen molar-refractivity contribution in [2.24, 2.45) is 5.92 Å². The highest BCUT2D eigenvalue weighted by molar-refractivity contribution is 5.70. The number of carbonyl (C=O) groups excluding carboxylic acids is 2. The van der Waals surface area contributed by atoms with Gasteiger partial charge in [-0.2, -0.15) is 0 Å². The Morgan fingerprint density at radius 2 is 1.88 bits per heavy atom. The first-order valence-corrected chi connectivity index (χ1v) is 8.83. The zero-order valence-corrected chi connectivity index (χ0v) is 16.0. The van der Waals surface area contributed by atoms with E-state index in [1.54, 1.807) is 4.90 Å². The smallest absolute Gasteiger partial charge is 0.410 e. The van der Waals surface area contributed by atoms with Gasteiger partial charge in [0.05, 0.1) is 13.5 Å². The second kappa shape index (κ2) is 8.27. The molecule has 1 amide bonds. The number of hydrogen-bond donors (Lipinski definition) is 0. The maximum absolute atomic E-state index is 12.6. The molecule has 1 heterocycles. The van der Waals surface area contributed by atoms with Gasteiger partial charge in [0.25, 0.3) is 0 Å². The second-order valence-electron chi connectivity index (χ2n) is 7.73. The molecule has 140 valence electrons. The summed E-state index contributed by atoms with van der Waals surface area (Å²) in [4.78, 5) is 26.0. The number of likely N-dealkylation sites (tertiary alicyclic amines) is 1. The molecule has 1 aromatic rings. The Hall–Kier alpha value is -2.48. The minimum absolute atomic E-state index is 0.0287. The molecule has 1 fully saturated rings. The van der Waals surface area contributed by atoms with Crippen LogP contribution in [0, 0.1) is 18.3 Å². The van der Waals surface area contributed by atoms with E-state index in [0.29, 0.717) is 13.1 Å². The zero-order chi connectivity index (χ0) is 19.3. The Bertz CT molecular complexity index is 681. The van der Waals surface area contributed by atoms with Gasteiger partial charge in [-0.15, -0.1) is 6.42 Å². The van der Waals surface area contributed by atoms with Crippen LogP contribution < -0.4 is 0 Å². The average molecular weight is 357 g/mol. The summed E-state index contributed by atoms with van der Waals surface area (Å²) in [7, 11) is 1.38. The largest absolute Gasteiger partial charge is 0.469 e. The molecular weight excluding hydrogens is 330 g/mol. The van der Waals surface area contributed by atoms with Crippen molar-refractivity contribution >= 4 is 12.1 Å². The third-order valence-electron chi connectivity index (χ3n) is 4.42. The van der Waals surface area contributed by atoms with E-state index in [0.717, 1.165) is 17.5 Å². The fourth-order valence-corrected chi connectivity index (χ4v) is 3.24. The number of methoxy groups -OCH3 is 1. The monoisotopic (exact) mass is 357 g/mol. The lowest BCUT2D eigenvalue weighted by molar-refractivity contribution is -0.142. The second-order valence-corrected chi connectivity index (χ2v) is 7.73.